The zero-order valence-corrected chi connectivity index (χ0v) is 58.2. The Bertz CT molecular complexity index is 4770. The molecular weight excluding hydrogens is 1480 g/mol. The number of nitriles is 12. The van der Waals surface area contributed by atoms with Gasteiger partial charge in [-0.05, 0) is 121 Å². The van der Waals surface area contributed by atoms with E-state index >= 15 is 0 Å². The van der Waals surface area contributed by atoms with Crippen molar-refractivity contribution in [3.8, 4) is 72.8 Å². The second-order valence-electron chi connectivity index (χ2n) is 20.6. The summed E-state index contributed by atoms with van der Waals surface area (Å²) in [4.78, 5) is 0. The van der Waals surface area contributed by atoms with E-state index in [4.69, 9.17) is 63.1 Å². The van der Waals surface area contributed by atoms with Crippen LogP contribution in [-0.2, 0) is 18.5 Å². The molecule has 12 aromatic rings. The third-order valence-corrected chi connectivity index (χ3v) is 12.3. The zero-order chi connectivity index (χ0) is 84.3. The Morgan fingerprint density at radius 3 is 0.425 bits per heavy atom. The van der Waals surface area contributed by atoms with E-state index in [0.29, 0.717) is 85.0 Å². The number of hydrogen-bond donors (Lipinski definition) is 0. The van der Waals surface area contributed by atoms with Gasteiger partial charge in [0.25, 0.3) is 0 Å². The topological polar surface area (TPSA) is 285 Å². The van der Waals surface area contributed by atoms with Gasteiger partial charge in [-0.15, -0.1) is 0 Å². The molecule has 0 aliphatic heterocycles. The lowest BCUT2D eigenvalue weighted by Crippen LogP contribution is -2.03. The Morgan fingerprint density at radius 1 is 0.150 bits per heavy atom. The van der Waals surface area contributed by atoms with Crippen molar-refractivity contribution >= 4 is 0 Å². The molecule has 26 heteroatoms. The zero-order valence-electron chi connectivity index (χ0n) is 58.2. The molecule has 0 heterocycles. The van der Waals surface area contributed by atoms with E-state index < -0.39 is 64.3 Å². The van der Waals surface area contributed by atoms with E-state index in [9.17, 15) is 61.5 Å². The van der Waals surface area contributed by atoms with E-state index in [1.807, 2.05) is 127 Å². The van der Waals surface area contributed by atoms with Crippen molar-refractivity contribution in [2.45, 2.75) is 18.5 Å². The molecule has 0 fully saturated rings. The van der Waals surface area contributed by atoms with Crippen molar-refractivity contribution in [2.75, 3.05) is 0 Å². The summed E-state index contributed by atoms with van der Waals surface area (Å²) in [5.41, 5.74) is 4.52. The molecule has 0 aliphatic rings. The van der Waals surface area contributed by atoms with Gasteiger partial charge in [0.2, 0.25) is 0 Å². The second kappa shape index (κ2) is 54.2. The van der Waals surface area contributed by atoms with Gasteiger partial charge in [0.1, 0.15) is 29.1 Å². The summed E-state index contributed by atoms with van der Waals surface area (Å²) in [6, 6.07) is 100. The molecular formula is C87H52F14N12. The van der Waals surface area contributed by atoms with Gasteiger partial charge in [0.15, 0.2) is 0 Å². The first-order valence-electron chi connectivity index (χ1n) is 31.3. The maximum Gasteiger partial charge on any atom is 0.416 e. The van der Waals surface area contributed by atoms with Gasteiger partial charge in [-0.3, -0.25) is 0 Å². The number of hydrogen-bond acceptors (Lipinski definition) is 12. The molecule has 0 aromatic heterocycles. The number of benzene rings is 12. The van der Waals surface area contributed by atoms with E-state index in [1.165, 1.54) is 72.8 Å². The predicted molar refractivity (Wildman–Crippen MR) is 389 cm³/mol. The van der Waals surface area contributed by atoms with Crippen molar-refractivity contribution in [3.63, 3.8) is 0 Å². The lowest BCUT2D eigenvalue weighted by Gasteiger charge is -2.03. The number of halogens is 14. The molecule has 0 spiro atoms. The number of alkyl halides is 9. The van der Waals surface area contributed by atoms with E-state index in [-0.39, 0.29) is 0 Å². The largest absolute Gasteiger partial charge is 0.416 e. The summed E-state index contributed by atoms with van der Waals surface area (Å²) >= 11 is 0. The highest BCUT2D eigenvalue weighted by Gasteiger charge is 2.31. The minimum absolute atomic E-state index is 0.339. The Morgan fingerprint density at radius 2 is 0.292 bits per heavy atom. The Hall–Kier alpha value is -16.5. The van der Waals surface area contributed by atoms with Crippen LogP contribution in [0.5, 0.6) is 0 Å². The highest BCUT2D eigenvalue weighted by molar-refractivity contribution is 5.47. The minimum atomic E-state index is -4.21. The van der Waals surface area contributed by atoms with Gasteiger partial charge in [0.05, 0.1) is 156 Å². The third kappa shape index (κ3) is 44.2. The fourth-order valence-electron chi connectivity index (χ4n) is 7.20. The van der Waals surface area contributed by atoms with Crippen LogP contribution >= 0.6 is 0 Å². The van der Waals surface area contributed by atoms with Crippen LogP contribution in [0.15, 0.2) is 315 Å². The molecule has 12 rings (SSSR count). The van der Waals surface area contributed by atoms with E-state index in [2.05, 4.69) is 0 Å². The normalized spacial score (nSPS) is 9.04. The second-order valence-corrected chi connectivity index (χ2v) is 20.6. The summed E-state index contributed by atoms with van der Waals surface area (Å²) in [6.07, 6.45) is -12.6. The molecule has 113 heavy (non-hydrogen) atoms. The predicted octanol–water partition coefficient (Wildman–Crippen LogP) is 22.5. The fourth-order valence-corrected chi connectivity index (χ4v) is 7.20. The van der Waals surface area contributed by atoms with Crippen molar-refractivity contribution in [1.82, 2.24) is 0 Å². The Balaban J connectivity index is 0.000000617. The van der Waals surface area contributed by atoms with Crippen LogP contribution in [0.2, 0.25) is 0 Å². The van der Waals surface area contributed by atoms with Crippen LogP contribution in [0.1, 0.15) is 83.5 Å². The molecule has 0 unspecified atom stereocenters. The molecule has 0 amide bonds. The van der Waals surface area contributed by atoms with E-state index in [0.717, 1.165) is 42.5 Å². The summed E-state index contributed by atoms with van der Waals surface area (Å²) in [5.74, 6) is -3.76. The molecule has 0 saturated carbocycles. The highest BCUT2D eigenvalue weighted by Crippen LogP contribution is 2.30. The summed E-state index contributed by atoms with van der Waals surface area (Å²) in [5, 5.41) is 101. The third-order valence-electron chi connectivity index (χ3n) is 12.3. The quantitative estimate of drug-likeness (QED) is 0.128. The van der Waals surface area contributed by atoms with Gasteiger partial charge >= 0.3 is 18.5 Å². The molecule has 0 bridgehead atoms. The molecule has 0 saturated heterocycles. The summed E-state index contributed by atoms with van der Waals surface area (Å²) in [7, 11) is 0. The summed E-state index contributed by atoms with van der Waals surface area (Å²) < 4.78 is 166. The smallest absolute Gasteiger partial charge is 0.207 e. The molecule has 0 aliphatic carbocycles. The van der Waals surface area contributed by atoms with Crippen molar-refractivity contribution in [3.05, 3.63) is 428 Å². The molecule has 12 nitrogen and oxygen atoms in total. The summed E-state index contributed by atoms with van der Waals surface area (Å²) in [6.45, 7) is 0. The minimum Gasteiger partial charge on any atom is -0.207 e. The van der Waals surface area contributed by atoms with Gasteiger partial charge in [-0.25, -0.2) is 22.0 Å². The highest BCUT2D eigenvalue weighted by atomic mass is 19.4. The molecule has 0 radical (unpaired) electrons. The maximum atomic E-state index is 11.9. The first kappa shape index (κ1) is 94.6. The van der Waals surface area contributed by atoms with Gasteiger partial charge in [0, 0.05) is 24.3 Å². The van der Waals surface area contributed by atoms with Crippen LogP contribution in [0.4, 0.5) is 61.5 Å². The lowest BCUT2D eigenvalue weighted by molar-refractivity contribution is -0.138. The fraction of sp³-hybridized carbons (Fsp3) is 0.0345. The van der Waals surface area contributed by atoms with Gasteiger partial charge in [-0.1, -0.05) is 170 Å². The molecule has 12 aromatic carbocycles. The van der Waals surface area contributed by atoms with Crippen molar-refractivity contribution in [2.24, 2.45) is 0 Å². The van der Waals surface area contributed by atoms with Crippen LogP contribution < -0.4 is 0 Å². The van der Waals surface area contributed by atoms with Crippen LogP contribution in [0, 0.1) is 165 Å². The first-order chi connectivity index (χ1) is 54.0. The SMILES string of the molecule is FC(F)(F)c1ccccc1.FC(F)(F)c1ccccc1.FC(F)(F)c1ccccc1.Fc1cc(F)cc(F)c1.Fc1cccc(F)c1.N#Cc1cc(C#N)cc(C#N)c1.N#Cc1cccc(C#N)c1.N#Cc1cccc(C#N)c1.N#Cc1cccc(C#N)c1.N#Cc1ccccc1.N#Cc1ccccc1.N#Cc1ccccc1. The van der Waals surface area contributed by atoms with Crippen molar-refractivity contribution < 1.29 is 61.5 Å². The van der Waals surface area contributed by atoms with Crippen LogP contribution in [-0.4, -0.2) is 0 Å². The van der Waals surface area contributed by atoms with Gasteiger partial charge in [-0.2, -0.15) is 103 Å². The average Bonchev–Trinajstić information content (AvgIpc) is 0.855. The maximum absolute atomic E-state index is 11.9. The monoisotopic (exact) mass is 1530 g/mol. The van der Waals surface area contributed by atoms with E-state index in [1.54, 1.807) is 127 Å². The first-order valence-corrected chi connectivity index (χ1v) is 31.3. The number of nitrogens with zero attached hydrogens (tertiary/aromatic N) is 12. The molecule has 0 N–H and O–H groups in total. The number of rotatable bonds is 0. The Labute approximate surface area is 641 Å². The van der Waals surface area contributed by atoms with Gasteiger partial charge < -0.3 is 0 Å². The van der Waals surface area contributed by atoms with Crippen LogP contribution in [0.25, 0.3) is 0 Å². The standard InChI is InChI=1S/C9H3N3.3C8H4N2.3C7H5F3.3C7H5N.C6H3F3.C6H4F2/c10-4-7-1-8(5-11)3-9(2-7)6-12;3*9-5-7-2-1-3-8(4-7)6-10;3*8-7(9,10)6-4-2-1-3-5-6;3*8-6-7-4-2-1-3-5-7;7-4-1-5(8)3-6(9)2-4;7-5-2-1-3-6(8)4-5/h1-3H;3*1-4H;3*1-5H;3*1-5H;1-3H;1-4H. The van der Waals surface area contributed by atoms with Crippen molar-refractivity contribution in [1.29, 1.82) is 63.1 Å². The molecule has 0 atom stereocenters. The average molecular weight is 1530 g/mol. The van der Waals surface area contributed by atoms with Crippen LogP contribution in [0.3, 0.4) is 0 Å². The Kier molecular flexibility index (Phi) is 45.3. The lowest BCUT2D eigenvalue weighted by atomic mass is 10.1. The molecule has 558 valence electrons.